The molecule has 504 valence electrons. The molecule has 2 saturated carbocycles. The van der Waals surface area contributed by atoms with Crippen molar-refractivity contribution in [3.63, 3.8) is 0 Å². The average molecular weight is 1440 g/mol. The van der Waals surface area contributed by atoms with Crippen molar-refractivity contribution in [1.29, 1.82) is 0 Å². The fraction of sp³-hybridized carbons (Fsp3) is 0.552. The third-order valence-electron chi connectivity index (χ3n) is 18.3. The van der Waals surface area contributed by atoms with Crippen molar-refractivity contribution >= 4 is 137 Å². The Labute approximate surface area is 553 Å². The number of thiophene rings is 2. The van der Waals surface area contributed by atoms with Crippen LogP contribution in [0.5, 0.6) is 0 Å². The predicted octanol–water partition coefficient (Wildman–Crippen LogP) is 9.23. The van der Waals surface area contributed by atoms with Crippen molar-refractivity contribution in [2.45, 2.75) is 88.9 Å². The van der Waals surface area contributed by atoms with E-state index in [4.69, 9.17) is 43.6 Å². The minimum absolute atomic E-state index is 0.0274. The van der Waals surface area contributed by atoms with Gasteiger partial charge in [0, 0.05) is 137 Å². The summed E-state index contributed by atoms with van der Waals surface area (Å²) in [5, 5.41) is 11.7. The van der Waals surface area contributed by atoms with E-state index < -0.39 is 51.0 Å². The second kappa shape index (κ2) is 26.6. The molecule has 6 fully saturated rings. The summed E-state index contributed by atoms with van der Waals surface area (Å²) in [4.78, 5) is 48.8. The van der Waals surface area contributed by atoms with Crippen LogP contribution in [0.1, 0.15) is 48.3 Å². The average Bonchev–Trinajstić information content (AvgIpc) is 1.65. The number of alkyl halides is 6. The second-order valence-electron chi connectivity index (χ2n) is 25.1. The highest BCUT2D eigenvalue weighted by Crippen LogP contribution is 2.51. The summed E-state index contributed by atoms with van der Waals surface area (Å²) in [6, 6.07) is 15.1. The number of nitrogens with zero attached hydrogens (tertiary/aromatic N) is 11. The molecule has 0 atom stereocenters. The molecule has 0 bridgehead atoms. The topological polar surface area (TPSA) is 242 Å². The lowest BCUT2D eigenvalue weighted by Gasteiger charge is -2.46. The Morgan fingerprint density at radius 2 is 1.06 bits per heavy atom. The molecule has 6 aromatic heterocycles. The number of halogens is 9. The zero-order valence-corrected chi connectivity index (χ0v) is 56.0. The number of rotatable bonds is 15. The number of fused-ring (bicyclic) bond motifs is 4. The van der Waals surface area contributed by atoms with Crippen LogP contribution in [0.15, 0.2) is 67.0 Å². The summed E-state index contributed by atoms with van der Waals surface area (Å²) in [6.45, 7) is 10.4. The lowest BCUT2D eigenvalue weighted by Crippen LogP contribution is -2.49. The second-order valence-corrected chi connectivity index (χ2v) is 32.3. The summed E-state index contributed by atoms with van der Waals surface area (Å²) >= 11 is 19.4. The highest BCUT2D eigenvalue weighted by atomic mass is 35.5. The number of sulfonamides is 2. The van der Waals surface area contributed by atoms with Crippen LogP contribution in [0.2, 0.25) is 15.7 Å². The van der Waals surface area contributed by atoms with Crippen LogP contribution in [0.4, 0.5) is 43.5 Å². The van der Waals surface area contributed by atoms with E-state index in [-0.39, 0.29) is 42.7 Å². The van der Waals surface area contributed by atoms with E-state index >= 15 is 0 Å². The van der Waals surface area contributed by atoms with Crippen molar-refractivity contribution in [3.8, 4) is 0 Å². The predicted molar refractivity (Wildman–Crippen MR) is 349 cm³/mol. The maximum Gasteiger partial charge on any atom is 0.419 e. The van der Waals surface area contributed by atoms with Crippen molar-refractivity contribution in [3.05, 3.63) is 95.1 Å². The quantitative estimate of drug-likeness (QED) is 0.0492. The number of benzene rings is 2. The molecule has 0 unspecified atom stereocenters. The molecule has 4 saturated heterocycles. The number of anilines is 3. The molecule has 0 amide bonds. The number of piperazine rings is 2. The molecule has 2 aromatic carbocycles. The summed E-state index contributed by atoms with van der Waals surface area (Å²) < 4.78 is 140. The zero-order chi connectivity index (χ0) is 66.0. The van der Waals surface area contributed by atoms with E-state index in [1.54, 1.807) is 21.3 Å². The Bertz CT molecular complexity index is 4410. The number of oxazole rings is 2. The van der Waals surface area contributed by atoms with Crippen LogP contribution in [0, 0.1) is 10.8 Å². The van der Waals surface area contributed by atoms with Gasteiger partial charge >= 0.3 is 23.9 Å². The smallest absolute Gasteiger partial charge is 0.408 e. The molecular formula is C58H67Cl3F6N14O8S4. The van der Waals surface area contributed by atoms with Crippen LogP contribution in [-0.2, 0) is 46.0 Å². The molecule has 2 aliphatic carbocycles. The van der Waals surface area contributed by atoms with E-state index in [0.717, 1.165) is 85.0 Å². The largest absolute Gasteiger partial charge is 0.419 e. The highest BCUT2D eigenvalue weighted by Gasteiger charge is 2.49. The number of nitrogens with one attached hydrogen (secondary N) is 3. The Hall–Kier alpha value is -5.39. The standard InChI is InChI=1S/C29H33ClF3N7O4S2.C21H31N5O4S.C8H3Cl2F3N2S/c1-46(42,43)39-9-6-37(7-10-39)8-11-40-22-12-18(2-3-23(22)44-27(40)41)34-19-14-28(15-19)4-5-38(17-28)24-21-13-20(16-29(31,32)33)45-25(21)36-26(30)35-24;1-31(28,29)25-9-6-24(7-10-25)8-11-26-18-12-16(2-3-19(18)30-20(26)27)23-17-13-21(14-17)4-5-22-15-21;9-5-4-1-3(2-8(11,12)13)16-6(4)15-7(10)14-5/h2-3,12-13,19,34H,4-11,14-17H2,1H3;2-3,12,17,22-23H,4-11,13-15H2,1H3;1H,2H2. The number of aromatic nitrogens is 6. The SMILES string of the molecule is CS(=O)(=O)N1CCN(CCn2c(=O)oc3ccc(NC4CC5(CCN(c6nc(Cl)nc7sc(CC(F)(F)F)cc67)C5)C4)cc32)CC1.CS(=O)(=O)N1CCN(CCn2c(=O)oc3ccc(NC4CC5(CCNC5)C4)cc32)CC1.FC(F)(F)Cc1cc2c(Cl)nc(Cl)nc2s1. The van der Waals surface area contributed by atoms with E-state index in [1.807, 2.05) is 30.3 Å². The Balaban J connectivity index is 0.000000151. The van der Waals surface area contributed by atoms with Gasteiger partial charge in [-0.1, -0.05) is 11.6 Å². The minimum Gasteiger partial charge on any atom is -0.408 e. The van der Waals surface area contributed by atoms with Gasteiger partial charge in [0.05, 0.1) is 41.8 Å². The minimum atomic E-state index is -4.30. The molecule has 6 aliphatic rings. The summed E-state index contributed by atoms with van der Waals surface area (Å²) in [5.74, 6) is -0.180. The van der Waals surface area contributed by atoms with Gasteiger partial charge in [0.2, 0.25) is 30.6 Å². The van der Waals surface area contributed by atoms with Gasteiger partial charge in [0.15, 0.2) is 11.2 Å². The fourth-order valence-corrected chi connectivity index (χ4v) is 18.2. The van der Waals surface area contributed by atoms with Gasteiger partial charge in [0.1, 0.15) is 20.6 Å². The van der Waals surface area contributed by atoms with Gasteiger partial charge in [-0.25, -0.2) is 41.4 Å². The first kappa shape index (κ1) is 67.6. The van der Waals surface area contributed by atoms with E-state index in [1.165, 1.54) is 46.5 Å². The summed E-state index contributed by atoms with van der Waals surface area (Å²) in [6.07, 6.45) is -1.66. The van der Waals surface area contributed by atoms with E-state index in [9.17, 15) is 52.8 Å². The van der Waals surface area contributed by atoms with E-state index in [0.29, 0.717) is 133 Å². The molecule has 22 nitrogen and oxygen atoms in total. The lowest BCUT2D eigenvalue weighted by atomic mass is 9.65. The van der Waals surface area contributed by atoms with Gasteiger partial charge in [-0.15, -0.1) is 22.7 Å². The summed E-state index contributed by atoms with van der Waals surface area (Å²) in [7, 11) is -6.34. The molecule has 0 radical (unpaired) electrons. The normalized spacial score (nSPS) is 22.8. The molecule has 4 aliphatic heterocycles. The molecule has 10 heterocycles. The molecule has 3 N–H and O–H groups in total. The lowest BCUT2D eigenvalue weighted by molar-refractivity contribution is -0.127. The Morgan fingerprint density at radius 1 is 0.602 bits per heavy atom. The monoisotopic (exact) mass is 1430 g/mol. The van der Waals surface area contributed by atoms with Gasteiger partial charge in [0.25, 0.3) is 0 Å². The van der Waals surface area contributed by atoms with Gasteiger partial charge < -0.3 is 29.7 Å². The van der Waals surface area contributed by atoms with Crippen molar-refractivity contribution < 1.29 is 52.0 Å². The van der Waals surface area contributed by atoms with Crippen molar-refractivity contribution in [1.82, 2.24) is 52.8 Å². The number of hydrogen-bond acceptors (Lipinski definition) is 20. The summed E-state index contributed by atoms with van der Waals surface area (Å²) in [5.41, 5.74) is 5.08. The third kappa shape index (κ3) is 16.0. The molecule has 14 rings (SSSR count). The molecule has 93 heavy (non-hydrogen) atoms. The first-order valence-electron chi connectivity index (χ1n) is 30.2. The molecule has 2 spiro atoms. The fourth-order valence-electron chi connectivity index (χ4n) is 13.7. The van der Waals surface area contributed by atoms with Crippen molar-refractivity contribution in [2.24, 2.45) is 10.8 Å². The van der Waals surface area contributed by atoms with Gasteiger partial charge in [-0.05, 0) is 128 Å². The van der Waals surface area contributed by atoms with Crippen molar-refractivity contribution in [2.75, 3.05) is 120 Å². The third-order valence-corrected chi connectivity index (χ3v) is 23.6. The first-order chi connectivity index (χ1) is 43.9. The van der Waals surface area contributed by atoms with Crippen LogP contribution in [0.3, 0.4) is 0 Å². The molecule has 35 heteroatoms. The van der Waals surface area contributed by atoms with Gasteiger partial charge in [-0.3, -0.25) is 18.9 Å². The van der Waals surface area contributed by atoms with Crippen LogP contribution in [-0.4, -0.2) is 193 Å². The van der Waals surface area contributed by atoms with E-state index in [2.05, 4.69) is 50.6 Å². The first-order valence-corrected chi connectivity index (χ1v) is 36.7. The number of hydrogen-bond donors (Lipinski definition) is 3. The van der Waals surface area contributed by atoms with Crippen LogP contribution < -0.4 is 32.4 Å². The van der Waals surface area contributed by atoms with Crippen LogP contribution in [0.25, 0.3) is 42.6 Å². The maximum atomic E-state index is 13.0. The molecule has 8 aromatic rings. The Kier molecular flexibility index (Phi) is 19.3. The zero-order valence-electron chi connectivity index (χ0n) is 50.5. The van der Waals surface area contributed by atoms with Crippen LogP contribution >= 0.6 is 57.5 Å². The maximum absolute atomic E-state index is 13.0. The van der Waals surface area contributed by atoms with Gasteiger partial charge in [-0.2, -0.15) is 39.9 Å². The Morgan fingerprint density at radius 3 is 1.53 bits per heavy atom. The highest BCUT2D eigenvalue weighted by molar-refractivity contribution is 7.88. The molecular weight excluding hydrogens is 1370 g/mol.